The molecule has 0 aromatic heterocycles. The van der Waals surface area contributed by atoms with E-state index in [1.54, 1.807) is 0 Å². The molecule has 0 amide bonds. The molecule has 0 bridgehead atoms. The van der Waals surface area contributed by atoms with Crippen LogP contribution in [0.3, 0.4) is 0 Å². The minimum absolute atomic E-state index is 2.82. The molecule has 0 spiro atoms. The van der Waals surface area contributed by atoms with E-state index in [1.165, 1.54) is 0 Å². The number of aliphatic hydroxyl groups excluding tert-OH is 1. The molecule has 0 aliphatic rings. The average molecular weight is 167 g/mol. The normalized spacial score (nSPS) is 19.3. The molecule has 0 saturated carbocycles. The van der Waals surface area contributed by atoms with Crippen LogP contribution in [0.15, 0.2) is 0 Å². The van der Waals surface area contributed by atoms with Gasteiger partial charge in [0.2, 0.25) is 6.36 Å². The summed E-state index contributed by atoms with van der Waals surface area (Å²) in [5, 5.41) is 4.82. The molecule has 0 radical (unpaired) electrons. The van der Waals surface area contributed by atoms with E-state index in [4.69, 9.17) is 5.11 Å². The summed E-state index contributed by atoms with van der Waals surface area (Å²) in [6.07, 6.45) is -7.93. The van der Waals surface area contributed by atoms with Crippen molar-refractivity contribution in [3.05, 3.63) is 0 Å². The van der Waals surface area contributed by atoms with Gasteiger partial charge in [-0.05, 0) is 0 Å². The second-order valence-corrected chi connectivity index (χ2v) is 1.79. The average Bonchev–Trinajstić information content (AvgIpc) is 1.62. The molecular formula is C3H3ClF4O. The van der Waals surface area contributed by atoms with E-state index >= 15 is 0 Å². The van der Waals surface area contributed by atoms with Crippen LogP contribution in [-0.2, 0) is 0 Å². The minimum Gasteiger partial charge on any atom is -0.363 e. The molecule has 0 fully saturated rings. The third-order valence-electron chi connectivity index (χ3n) is 0.554. The zero-order valence-electron chi connectivity index (χ0n) is 3.99. The number of rotatable bonds is 1. The third kappa shape index (κ3) is 2.86. The second kappa shape index (κ2) is 2.70. The van der Waals surface area contributed by atoms with Gasteiger partial charge in [0.15, 0.2) is 5.38 Å². The van der Waals surface area contributed by atoms with Crippen LogP contribution < -0.4 is 0 Å². The fourth-order valence-corrected chi connectivity index (χ4v) is 0.156. The topological polar surface area (TPSA) is 20.2 Å². The molecule has 2 unspecified atom stereocenters. The highest BCUT2D eigenvalue weighted by atomic mass is 35.5. The molecule has 0 rings (SSSR count). The molecule has 0 aliphatic carbocycles. The van der Waals surface area contributed by atoms with Gasteiger partial charge >= 0.3 is 6.18 Å². The highest BCUT2D eigenvalue weighted by Crippen LogP contribution is 2.27. The summed E-state index contributed by atoms with van der Waals surface area (Å²) >= 11 is 4.34. The van der Waals surface area contributed by atoms with Gasteiger partial charge in [0.25, 0.3) is 0 Å². The van der Waals surface area contributed by atoms with Crippen molar-refractivity contribution in [1.29, 1.82) is 0 Å². The van der Waals surface area contributed by atoms with Gasteiger partial charge in [-0.25, -0.2) is 4.39 Å². The standard InChI is InChI=1S/C3H3ClF4O/c4-1(2(5)9)3(6,7)8/h1-2,9H. The van der Waals surface area contributed by atoms with Crippen molar-refractivity contribution < 1.29 is 22.7 Å². The van der Waals surface area contributed by atoms with Crippen molar-refractivity contribution in [2.24, 2.45) is 0 Å². The van der Waals surface area contributed by atoms with Crippen LogP contribution in [0.4, 0.5) is 17.6 Å². The SMILES string of the molecule is OC(F)C(Cl)C(F)(F)F. The zero-order valence-corrected chi connectivity index (χ0v) is 4.75. The Labute approximate surface area is 53.2 Å². The predicted octanol–water partition coefficient (Wildman–Crippen LogP) is 1.44. The molecule has 0 aliphatic heterocycles. The van der Waals surface area contributed by atoms with Crippen molar-refractivity contribution in [3.63, 3.8) is 0 Å². The van der Waals surface area contributed by atoms with E-state index in [-0.39, 0.29) is 0 Å². The Balaban J connectivity index is 3.88. The Morgan fingerprint density at radius 1 is 1.33 bits per heavy atom. The molecule has 1 N–H and O–H groups in total. The lowest BCUT2D eigenvalue weighted by Gasteiger charge is -2.12. The van der Waals surface area contributed by atoms with Gasteiger partial charge in [-0.2, -0.15) is 13.2 Å². The van der Waals surface area contributed by atoms with Crippen LogP contribution in [0.2, 0.25) is 0 Å². The van der Waals surface area contributed by atoms with Gasteiger partial charge in [-0.15, -0.1) is 11.6 Å². The van der Waals surface area contributed by atoms with Crippen LogP contribution in [0.25, 0.3) is 0 Å². The summed E-state index contributed by atoms with van der Waals surface area (Å²) in [7, 11) is 0. The Bertz CT molecular complexity index is 90.3. The van der Waals surface area contributed by atoms with Crippen molar-refractivity contribution in [2.75, 3.05) is 0 Å². The molecule has 56 valence electrons. The molecule has 9 heavy (non-hydrogen) atoms. The van der Waals surface area contributed by atoms with Crippen LogP contribution in [0.1, 0.15) is 0 Å². The summed E-state index contributed by atoms with van der Waals surface area (Å²) in [5.41, 5.74) is 0. The van der Waals surface area contributed by atoms with Gasteiger partial charge in [-0.1, -0.05) is 0 Å². The lowest BCUT2D eigenvalue weighted by atomic mass is 10.4. The lowest BCUT2D eigenvalue weighted by Crippen LogP contribution is -2.32. The summed E-state index contributed by atoms with van der Waals surface area (Å²) in [4.78, 5) is 0. The molecular weight excluding hydrogens is 163 g/mol. The first-order chi connectivity index (χ1) is 3.85. The van der Waals surface area contributed by atoms with E-state index in [0.29, 0.717) is 0 Å². The Hall–Kier alpha value is -0.0300. The number of hydrogen-bond acceptors (Lipinski definition) is 1. The van der Waals surface area contributed by atoms with Gasteiger partial charge in [0.1, 0.15) is 0 Å². The largest absolute Gasteiger partial charge is 0.410 e. The van der Waals surface area contributed by atoms with Crippen molar-refractivity contribution in [3.8, 4) is 0 Å². The maximum absolute atomic E-state index is 11.3. The van der Waals surface area contributed by atoms with Gasteiger partial charge < -0.3 is 5.11 Å². The van der Waals surface area contributed by atoms with Gasteiger partial charge in [0, 0.05) is 0 Å². The summed E-state index contributed by atoms with van der Waals surface area (Å²) in [5.74, 6) is 0. The van der Waals surface area contributed by atoms with Crippen molar-refractivity contribution in [1.82, 2.24) is 0 Å². The summed E-state index contributed by atoms with van der Waals surface area (Å²) < 4.78 is 44.8. The molecule has 1 nitrogen and oxygen atoms in total. The smallest absolute Gasteiger partial charge is 0.363 e. The first-order valence-corrected chi connectivity index (χ1v) is 2.32. The minimum atomic E-state index is -4.88. The van der Waals surface area contributed by atoms with E-state index in [1.807, 2.05) is 0 Å². The highest BCUT2D eigenvalue weighted by Gasteiger charge is 2.43. The molecule has 6 heteroatoms. The Morgan fingerprint density at radius 3 is 1.67 bits per heavy atom. The molecule has 2 atom stereocenters. The fourth-order valence-electron chi connectivity index (χ4n) is 0.156. The molecule has 0 aromatic rings. The number of aliphatic hydroxyl groups is 1. The van der Waals surface area contributed by atoms with Gasteiger partial charge in [0.05, 0.1) is 0 Å². The van der Waals surface area contributed by atoms with Gasteiger partial charge in [-0.3, -0.25) is 0 Å². The van der Waals surface area contributed by atoms with Crippen LogP contribution >= 0.6 is 11.6 Å². The monoisotopic (exact) mass is 166 g/mol. The number of hydrogen-bond donors (Lipinski definition) is 1. The summed E-state index contributed by atoms with van der Waals surface area (Å²) in [6, 6.07) is 0. The Morgan fingerprint density at radius 2 is 1.67 bits per heavy atom. The van der Waals surface area contributed by atoms with E-state index in [2.05, 4.69) is 11.6 Å². The van der Waals surface area contributed by atoms with Crippen LogP contribution in [0.5, 0.6) is 0 Å². The lowest BCUT2D eigenvalue weighted by molar-refractivity contribution is -0.165. The van der Waals surface area contributed by atoms with E-state index in [9.17, 15) is 17.6 Å². The van der Waals surface area contributed by atoms with Crippen molar-refractivity contribution in [2.45, 2.75) is 17.9 Å². The molecule has 0 heterocycles. The van der Waals surface area contributed by atoms with Crippen LogP contribution in [-0.4, -0.2) is 23.0 Å². The first-order valence-electron chi connectivity index (χ1n) is 1.88. The van der Waals surface area contributed by atoms with E-state index < -0.39 is 17.9 Å². The fraction of sp³-hybridized carbons (Fsp3) is 1.00. The number of halogens is 5. The maximum atomic E-state index is 11.3. The first kappa shape index (κ1) is 8.97. The quantitative estimate of drug-likeness (QED) is 0.462. The highest BCUT2D eigenvalue weighted by molar-refractivity contribution is 6.21. The molecule has 0 saturated heterocycles. The maximum Gasteiger partial charge on any atom is 0.410 e. The zero-order chi connectivity index (χ0) is 7.65. The molecule has 0 aromatic carbocycles. The number of alkyl halides is 5. The van der Waals surface area contributed by atoms with Crippen LogP contribution in [0, 0.1) is 0 Å². The second-order valence-electron chi connectivity index (χ2n) is 1.32. The predicted molar refractivity (Wildman–Crippen MR) is 22.8 cm³/mol. The summed E-state index contributed by atoms with van der Waals surface area (Å²) in [6.45, 7) is 0. The van der Waals surface area contributed by atoms with E-state index in [0.717, 1.165) is 0 Å². The Kier molecular flexibility index (Phi) is 2.69. The van der Waals surface area contributed by atoms with Crippen molar-refractivity contribution >= 4 is 11.6 Å². The third-order valence-corrected chi connectivity index (χ3v) is 1.01.